The maximum atomic E-state index is 12.1. The molecule has 3 heteroatoms. The minimum atomic E-state index is -0.453. The first-order valence-corrected chi connectivity index (χ1v) is 7.11. The Morgan fingerprint density at radius 2 is 2.16 bits per heavy atom. The topological polar surface area (TPSA) is 49.3 Å². The molecule has 1 fully saturated rings. The second-order valence-electron chi connectivity index (χ2n) is 5.64. The molecule has 1 aliphatic rings. The van der Waals surface area contributed by atoms with Gasteiger partial charge < -0.3 is 10.4 Å². The van der Waals surface area contributed by atoms with Crippen molar-refractivity contribution in [1.29, 1.82) is 0 Å². The van der Waals surface area contributed by atoms with Crippen LogP contribution < -0.4 is 5.32 Å². The fraction of sp³-hybridized carbons (Fsp3) is 0.562. The van der Waals surface area contributed by atoms with E-state index >= 15 is 0 Å². The van der Waals surface area contributed by atoms with Crippen molar-refractivity contribution >= 4 is 5.91 Å². The lowest BCUT2D eigenvalue weighted by molar-refractivity contribution is -0.128. The van der Waals surface area contributed by atoms with E-state index in [1.165, 1.54) is 11.1 Å². The SMILES string of the molecule is Cc1ccccc1CC(C)NC(=O)C1CCCC1O. The molecule has 2 N–H and O–H groups in total. The average molecular weight is 261 g/mol. The van der Waals surface area contributed by atoms with Crippen LogP contribution in [-0.2, 0) is 11.2 Å². The predicted octanol–water partition coefficient (Wildman–Crippen LogP) is 2.20. The molecule has 0 spiro atoms. The van der Waals surface area contributed by atoms with E-state index in [1.54, 1.807) is 0 Å². The summed E-state index contributed by atoms with van der Waals surface area (Å²) in [6, 6.07) is 8.34. The number of nitrogens with one attached hydrogen (secondary N) is 1. The van der Waals surface area contributed by atoms with Crippen LogP contribution in [0.5, 0.6) is 0 Å². The lowest BCUT2D eigenvalue weighted by atomic mass is 10.0. The Kier molecular flexibility index (Phi) is 4.59. The molecule has 0 saturated heterocycles. The number of aryl methyl sites for hydroxylation is 1. The Bertz CT molecular complexity index is 444. The minimum absolute atomic E-state index is 0.00563. The van der Waals surface area contributed by atoms with Crippen molar-refractivity contribution in [2.75, 3.05) is 0 Å². The highest BCUT2D eigenvalue weighted by molar-refractivity contribution is 5.79. The summed E-state index contributed by atoms with van der Waals surface area (Å²) in [6.45, 7) is 4.11. The second-order valence-corrected chi connectivity index (χ2v) is 5.64. The predicted molar refractivity (Wildman–Crippen MR) is 75.8 cm³/mol. The molecule has 1 saturated carbocycles. The van der Waals surface area contributed by atoms with Gasteiger partial charge in [-0.05, 0) is 50.7 Å². The number of hydrogen-bond acceptors (Lipinski definition) is 2. The summed E-state index contributed by atoms with van der Waals surface area (Å²) in [6.07, 6.45) is 2.90. The maximum absolute atomic E-state index is 12.1. The zero-order valence-electron chi connectivity index (χ0n) is 11.7. The number of rotatable bonds is 4. The molecular weight excluding hydrogens is 238 g/mol. The molecule has 0 aromatic heterocycles. The van der Waals surface area contributed by atoms with E-state index < -0.39 is 6.10 Å². The molecule has 0 aliphatic heterocycles. The maximum Gasteiger partial charge on any atom is 0.225 e. The van der Waals surface area contributed by atoms with Crippen molar-refractivity contribution < 1.29 is 9.90 Å². The molecule has 1 aromatic rings. The number of benzene rings is 1. The third-order valence-corrected chi connectivity index (χ3v) is 3.99. The quantitative estimate of drug-likeness (QED) is 0.873. The molecule has 0 heterocycles. The Morgan fingerprint density at radius 1 is 1.42 bits per heavy atom. The highest BCUT2D eigenvalue weighted by Crippen LogP contribution is 2.25. The summed E-state index contributed by atoms with van der Waals surface area (Å²) in [5.74, 6) is -0.203. The lowest BCUT2D eigenvalue weighted by Gasteiger charge is -2.19. The van der Waals surface area contributed by atoms with Crippen LogP contribution in [0.15, 0.2) is 24.3 Å². The normalized spacial score (nSPS) is 24.2. The number of carbonyl (C=O) groups excluding carboxylic acids is 1. The first-order chi connectivity index (χ1) is 9.08. The average Bonchev–Trinajstić information content (AvgIpc) is 2.78. The molecule has 3 atom stereocenters. The van der Waals surface area contributed by atoms with Gasteiger partial charge >= 0.3 is 0 Å². The zero-order valence-corrected chi connectivity index (χ0v) is 11.7. The number of amides is 1. The van der Waals surface area contributed by atoms with Gasteiger partial charge in [-0.25, -0.2) is 0 Å². The first kappa shape index (κ1) is 14.1. The monoisotopic (exact) mass is 261 g/mol. The van der Waals surface area contributed by atoms with Crippen LogP contribution >= 0.6 is 0 Å². The highest BCUT2D eigenvalue weighted by atomic mass is 16.3. The van der Waals surface area contributed by atoms with Crippen LogP contribution in [-0.4, -0.2) is 23.2 Å². The zero-order chi connectivity index (χ0) is 13.8. The fourth-order valence-electron chi connectivity index (χ4n) is 2.82. The summed E-state index contributed by atoms with van der Waals surface area (Å²) in [5, 5.41) is 12.8. The summed E-state index contributed by atoms with van der Waals surface area (Å²) in [5.41, 5.74) is 2.52. The first-order valence-electron chi connectivity index (χ1n) is 7.11. The van der Waals surface area contributed by atoms with Crippen LogP contribution in [0.1, 0.15) is 37.3 Å². The molecule has 19 heavy (non-hydrogen) atoms. The summed E-state index contributed by atoms with van der Waals surface area (Å²) >= 11 is 0. The van der Waals surface area contributed by atoms with Crippen molar-refractivity contribution in [3.8, 4) is 0 Å². The number of aliphatic hydroxyl groups excluding tert-OH is 1. The van der Waals surface area contributed by atoms with Gasteiger partial charge in [0.2, 0.25) is 5.91 Å². The summed E-state index contributed by atoms with van der Waals surface area (Å²) < 4.78 is 0. The molecule has 2 rings (SSSR count). The van der Waals surface area contributed by atoms with Gasteiger partial charge in [-0.15, -0.1) is 0 Å². The molecule has 1 amide bonds. The summed E-state index contributed by atoms with van der Waals surface area (Å²) in [4.78, 5) is 12.1. The van der Waals surface area contributed by atoms with Crippen molar-refractivity contribution in [2.24, 2.45) is 5.92 Å². The third-order valence-electron chi connectivity index (χ3n) is 3.99. The van der Waals surface area contributed by atoms with Crippen LogP contribution in [0.3, 0.4) is 0 Å². The Labute approximate surface area is 115 Å². The van der Waals surface area contributed by atoms with Crippen LogP contribution in [0, 0.1) is 12.8 Å². The van der Waals surface area contributed by atoms with Gasteiger partial charge in [0.05, 0.1) is 12.0 Å². The van der Waals surface area contributed by atoms with Gasteiger partial charge in [-0.3, -0.25) is 4.79 Å². The molecule has 1 aliphatic carbocycles. The van der Waals surface area contributed by atoms with E-state index in [4.69, 9.17) is 0 Å². The number of carbonyl (C=O) groups is 1. The molecule has 0 bridgehead atoms. The van der Waals surface area contributed by atoms with E-state index in [1.807, 2.05) is 19.1 Å². The van der Waals surface area contributed by atoms with Gasteiger partial charge in [-0.1, -0.05) is 24.3 Å². The van der Waals surface area contributed by atoms with Gasteiger partial charge in [0, 0.05) is 6.04 Å². The van der Waals surface area contributed by atoms with E-state index in [-0.39, 0.29) is 17.9 Å². The molecule has 104 valence electrons. The molecule has 0 radical (unpaired) electrons. The Hall–Kier alpha value is -1.35. The van der Waals surface area contributed by atoms with Crippen LogP contribution in [0.4, 0.5) is 0 Å². The molecule has 3 unspecified atom stereocenters. The lowest BCUT2D eigenvalue weighted by Crippen LogP contribution is -2.40. The second kappa shape index (κ2) is 6.20. The van der Waals surface area contributed by atoms with E-state index in [0.717, 1.165) is 25.7 Å². The van der Waals surface area contributed by atoms with Crippen LogP contribution in [0.25, 0.3) is 0 Å². The standard InChI is InChI=1S/C16H23NO2/c1-11-6-3-4-7-13(11)10-12(2)17-16(19)14-8-5-9-15(14)18/h3-4,6-7,12,14-15,18H,5,8-10H2,1-2H3,(H,17,19). The molecule has 1 aromatic carbocycles. The smallest absolute Gasteiger partial charge is 0.225 e. The summed E-state index contributed by atoms with van der Waals surface area (Å²) in [7, 11) is 0. The Morgan fingerprint density at radius 3 is 2.79 bits per heavy atom. The minimum Gasteiger partial charge on any atom is -0.392 e. The van der Waals surface area contributed by atoms with Gasteiger partial charge in [0.25, 0.3) is 0 Å². The van der Waals surface area contributed by atoms with E-state index in [2.05, 4.69) is 24.4 Å². The van der Waals surface area contributed by atoms with Crippen molar-refractivity contribution in [3.63, 3.8) is 0 Å². The highest BCUT2D eigenvalue weighted by Gasteiger charge is 2.31. The third kappa shape index (κ3) is 3.57. The Balaban J connectivity index is 1.89. The van der Waals surface area contributed by atoms with Gasteiger partial charge in [-0.2, -0.15) is 0 Å². The number of aliphatic hydroxyl groups is 1. The van der Waals surface area contributed by atoms with E-state index in [9.17, 15) is 9.90 Å². The molecular formula is C16H23NO2. The van der Waals surface area contributed by atoms with E-state index in [0.29, 0.717) is 0 Å². The van der Waals surface area contributed by atoms with Gasteiger partial charge in [0.1, 0.15) is 0 Å². The largest absolute Gasteiger partial charge is 0.392 e. The van der Waals surface area contributed by atoms with Crippen molar-refractivity contribution in [1.82, 2.24) is 5.32 Å². The van der Waals surface area contributed by atoms with Crippen molar-refractivity contribution in [3.05, 3.63) is 35.4 Å². The number of hydrogen-bond donors (Lipinski definition) is 2. The van der Waals surface area contributed by atoms with Crippen molar-refractivity contribution in [2.45, 2.75) is 51.7 Å². The van der Waals surface area contributed by atoms with Crippen LogP contribution in [0.2, 0.25) is 0 Å². The molecule has 3 nitrogen and oxygen atoms in total. The fourth-order valence-corrected chi connectivity index (χ4v) is 2.82. The van der Waals surface area contributed by atoms with Gasteiger partial charge in [0.15, 0.2) is 0 Å².